The summed E-state index contributed by atoms with van der Waals surface area (Å²) < 4.78 is 0. The molecule has 2 N–H and O–H groups in total. The summed E-state index contributed by atoms with van der Waals surface area (Å²) >= 11 is 1.72. The molecule has 1 aromatic rings. The van der Waals surface area contributed by atoms with Gasteiger partial charge in [0.2, 0.25) is 5.91 Å². The quantitative estimate of drug-likeness (QED) is 0.846. The SMILES string of the molecule is CC(NC1CCCNC(=O)C1)c1ccsc1. The number of rotatable bonds is 3. The van der Waals surface area contributed by atoms with E-state index in [0.717, 1.165) is 19.4 Å². The Labute approximate surface area is 100 Å². The summed E-state index contributed by atoms with van der Waals surface area (Å²) in [5, 5.41) is 10.7. The highest BCUT2D eigenvalue weighted by Crippen LogP contribution is 2.18. The predicted molar refractivity (Wildman–Crippen MR) is 66.5 cm³/mol. The van der Waals surface area contributed by atoms with Crippen molar-refractivity contribution in [3.8, 4) is 0 Å². The van der Waals surface area contributed by atoms with E-state index in [4.69, 9.17) is 0 Å². The molecule has 2 rings (SSSR count). The van der Waals surface area contributed by atoms with Gasteiger partial charge in [0.25, 0.3) is 0 Å². The molecule has 0 bridgehead atoms. The fourth-order valence-electron chi connectivity index (χ4n) is 2.09. The van der Waals surface area contributed by atoms with Crippen molar-refractivity contribution in [2.45, 2.75) is 38.3 Å². The van der Waals surface area contributed by atoms with Gasteiger partial charge in [-0.1, -0.05) is 0 Å². The molecule has 0 aromatic carbocycles. The van der Waals surface area contributed by atoms with Gasteiger partial charge in [-0.15, -0.1) is 0 Å². The summed E-state index contributed by atoms with van der Waals surface area (Å²) in [6, 6.07) is 2.79. The van der Waals surface area contributed by atoms with Gasteiger partial charge in [0, 0.05) is 25.0 Å². The first-order valence-electron chi connectivity index (χ1n) is 5.80. The molecule has 1 fully saturated rings. The van der Waals surface area contributed by atoms with Crippen LogP contribution in [0.4, 0.5) is 0 Å². The topological polar surface area (TPSA) is 41.1 Å². The Morgan fingerprint density at radius 3 is 3.25 bits per heavy atom. The predicted octanol–water partition coefficient (Wildman–Crippen LogP) is 2.07. The maximum Gasteiger partial charge on any atom is 0.221 e. The summed E-state index contributed by atoms with van der Waals surface area (Å²) in [5.74, 6) is 0.174. The highest BCUT2D eigenvalue weighted by atomic mass is 32.1. The maximum atomic E-state index is 11.4. The third kappa shape index (κ3) is 3.06. The number of amides is 1. The molecule has 3 nitrogen and oxygen atoms in total. The maximum absolute atomic E-state index is 11.4. The first kappa shape index (κ1) is 11.6. The lowest BCUT2D eigenvalue weighted by Crippen LogP contribution is -2.34. The summed E-state index contributed by atoms with van der Waals surface area (Å²) in [4.78, 5) is 11.4. The van der Waals surface area contributed by atoms with Gasteiger partial charge in [0.1, 0.15) is 0 Å². The Bertz CT molecular complexity index is 337. The minimum Gasteiger partial charge on any atom is -0.356 e. The van der Waals surface area contributed by atoms with E-state index in [1.807, 2.05) is 0 Å². The van der Waals surface area contributed by atoms with Crippen molar-refractivity contribution in [3.63, 3.8) is 0 Å². The molecule has 0 aliphatic carbocycles. The highest BCUT2D eigenvalue weighted by Gasteiger charge is 2.19. The van der Waals surface area contributed by atoms with Crippen LogP contribution in [-0.4, -0.2) is 18.5 Å². The van der Waals surface area contributed by atoms with Crippen LogP contribution < -0.4 is 10.6 Å². The van der Waals surface area contributed by atoms with Crippen LogP contribution in [0.3, 0.4) is 0 Å². The monoisotopic (exact) mass is 238 g/mol. The standard InChI is InChI=1S/C12H18N2OS/c1-9(10-4-6-16-8-10)14-11-3-2-5-13-12(15)7-11/h4,6,8-9,11,14H,2-3,5,7H2,1H3,(H,13,15). The van der Waals surface area contributed by atoms with Crippen LogP contribution in [0.5, 0.6) is 0 Å². The second-order valence-electron chi connectivity index (χ2n) is 4.34. The zero-order valence-corrected chi connectivity index (χ0v) is 10.3. The van der Waals surface area contributed by atoms with Crippen molar-refractivity contribution < 1.29 is 4.79 Å². The molecule has 1 aromatic heterocycles. The lowest BCUT2D eigenvalue weighted by molar-refractivity contribution is -0.121. The summed E-state index contributed by atoms with van der Waals surface area (Å²) in [5.41, 5.74) is 1.31. The van der Waals surface area contributed by atoms with Crippen molar-refractivity contribution >= 4 is 17.2 Å². The van der Waals surface area contributed by atoms with Crippen LogP contribution in [-0.2, 0) is 4.79 Å². The van der Waals surface area contributed by atoms with Crippen LogP contribution in [0.15, 0.2) is 16.8 Å². The summed E-state index contributed by atoms with van der Waals surface area (Å²) in [6.45, 7) is 2.98. The Morgan fingerprint density at radius 2 is 2.50 bits per heavy atom. The highest BCUT2D eigenvalue weighted by molar-refractivity contribution is 7.07. The number of thiophene rings is 1. The molecule has 1 aliphatic rings. The van der Waals surface area contributed by atoms with Gasteiger partial charge in [-0.2, -0.15) is 11.3 Å². The van der Waals surface area contributed by atoms with Gasteiger partial charge >= 0.3 is 0 Å². The Balaban J connectivity index is 1.90. The van der Waals surface area contributed by atoms with Crippen molar-refractivity contribution in [2.24, 2.45) is 0 Å². The van der Waals surface area contributed by atoms with E-state index in [1.54, 1.807) is 11.3 Å². The third-order valence-electron chi connectivity index (χ3n) is 3.01. The molecule has 2 heterocycles. The molecule has 1 saturated heterocycles. The van der Waals surface area contributed by atoms with E-state index < -0.39 is 0 Å². The second-order valence-corrected chi connectivity index (χ2v) is 5.12. The lowest BCUT2D eigenvalue weighted by atomic mass is 10.1. The lowest BCUT2D eigenvalue weighted by Gasteiger charge is -2.20. The largest absolute Gasteiger partial charge is 0.356 e. The van der Waals surface area contributed by atoms with Crippen LogP contribution in [0.25, 0.3) is 0 Å². The molecule has 0 spiro atoms. The van der Waals surface area contributed by atoms with Gasteiger partial charge in [-0.3, -0.25) is 4.79 Å². The van der Waals surface area contributed by atoms with Crippen molar-refractivity contribution in [3.05, 3.63) is 22.4 Å². The average Bonchev–Trinajstić information content (AvgIpc) is 2.70. The number of hydrogen-bond acceptors (Lipinski definition) is 3. The first-order chi connectivity index (χ1) is 7.75. The van der Waals surface area contributed by atoms with Gasteiger partial charge in [-0.25, -0.2) is 0 Å². The minimum absolute atomic E-state index is 0.174. The molecular formula is C12H18N2OS. The van der Waals surface area contributed by atoms with Gasteiger partial charge in [0.05, 0.1) is 0 Å². The van der Waals surface area contributed by atoms with Gasteiger partial charge in [0.15, 0.2) is 0 Å². The number of nitrogens with one attached hydrogen (secondary N) is 2. The Morgan fingerprint density at radius 1 is 1.62 bits per heavy atom. The molecule has 0 radical (unpaired) electrons. The van der Waals surface area contributed by atoms with Crippen LogP contribution >= 0.6 is 11.3 Å². The van der Waals surface area contributed by atoms with Crippen LogP contribution in [0.2, 0.25) is 0 Å². The molecule has 1 aliphatic heterocycles. The second kappa shape index (κ2) is 5.46. The number of carbonyl (C=O) groups excluding carboxylic acids is 1. The van der Waals surface area contributed by atoms with Crippen molar-refractivity contribution in [1.29, 1.82) is 0 Å². The van der Waals surface area contributed by atoms with Gasteiger partial charge in [-0.05, 0) is 42.2 Å². The van der Waals surface area contributed by atoms with Crippen molar-refractivity contribution in [2.75, 3.05) is 6.54 Å². The molecular weight excluding hydrogens is 220 g/mol. The van der Waals surface area contributed by atoms with E-state index >= 15 is 0 Å². The third-order valence-corrected chi connectivity index (χ3v) is 3.71. The zero-order chi connectivity index (χ0) is 11.4. The Hall–Kier alpha value is -0.870. The summed E-state index contributed by atoms with van der Waals surface area (Å²) in [6.07, 6.45) is 2.75. The Kier molecular flexibility index (Phi) is 3.96. The molecule has 16 heavy (non-hydrogen) atoms. The van der Waals surface area contributed by atoms with E-state index in [9.17, 15) is 4.79 Å². The van der Waals surface area contributed by atoms with E-state index in [-0.39, 0.29) is 5.91 Å². The van der Waals surface area contributed by atoms with E-state index in [0.29, 0.717) is 18.5 Å². The fourth-order valence-corrected chi connectivity index (χ4v) is 2.84. The van der Waals surface area contributed by atoms with Crippen LogP contribution in [0.1, 0.15) is 37.8 Å². The fraction of sp³-hybridized carbons (Fsp3) is 0.583. The molecule has 88 valence electrons. The molecule has 4 heteroatoms. The normalized spacial score (nSPS) is 23.6. The molecule has 0 saturated carbocycles. The van der Waals surface area contributed by atoms with E-state index in [2.05, 4.69) is 34.4 Å². The smallest absolute Gasteiger partial charge is 0.221 e. The van der Waals surface area contributed by atoms with E-state index in [1.165, 1.54) is 5.56 Å². The minimum atomic E-state index is 0.174. The summed E-state index contributed by atoms with van der Waals surface area (Å²) in [7, 11) is 0. The number of hydrogen-bond donors (Lipinski definition) is 2. The van der Waals surface area contributed by atoms with Crippen LogP contribution in [0, 0.1) is 0 Å². The average molecular weight is 238 g/mol. The van der Waals surface area contributed by atoms with Gasteiger partial charge < -0.3 is 10.6 Å². The molecule has 2 atom stereocenters. The zero-order valence-electron chi connectivity index (χ0n) is 9.53. The molecule has 2 unspecified atom stereocenters. The number of carbonyl (C=O) groups is 1. The first-order valence-corrected chi connectivity index (χ1v) is 6.75. The molecule has 1 amide bonds. The van der Waals surface area contributed by atoms with Crippen molar-refractivity contribution in [1.82, 2.24) is 10.6 Å².